The third-order valence-corrected chi connectivity index (χ3v) is 8.85. The van der Waals surface area contributed by atoms with Crippen LogP contribution in [0, 0.1) is 5.92 Å². The summed E-state index contributed by atoms with van der Waals surface area (Å²) in [6, 6.07) is 9.22. The van der Waals surface area contributed by atoms with Crippen molar-refractivity contribution in [3.63, 3.8) is 0 Å². The van der Waals surface area contributed by atoms with Gasteiger partial charge in [0.25, 0.3) is 0 Å². The van der Waals surface area contributed by atoms with E-state index in [1.54, 1.807) is 0 Å². The van der Waals surface area contributed by atoms with Crippen LogP contribution in [0.25, 0.3) is 0 Å². The minimum Gasteiger partial charge on any atom is -0.371 e. The molecule has 1 saturated carbocycles. The summed E-state index contributed by atoms with van der Waals surface area (Å²) in [6.07, 6.45) is 5.79. The maximum atomic E-state index is 13.5. The standard InChI is InChI=1S/C24H28N2O3/c1-2-10-29-24-17-12-19-23-8-9-25(19)14-15(17)7-11-28-20(24)13-21(27)26(22(23)24)18-6-4-3-5-16(18)23/h3-7,17,19-20,22H,2,8-14H2,1H3/t17-,19-,20-,22+,23+,24+/m0/s1. The first kappa shape index (κ1) is 17.0. The molecule has 1 spiro atoms. The molecule has 1 amide bonds. The Morgan fingerprint density at radius 3 is 3.10 bits per heavy atom. The molecule has 6 aliphatic rings. The Kier molecular flexibility index (Phi) is 3.24. The summed E-state index contributed by atoms with van der Waals surface area (Å²) in [5, 5.41) is 0. The number of piperidine rings is 2. The number of hydrogen-bond acceptors (Lipinski definition) is 4. The number of benzene rings is 1. The van der Waals surface area contributed by atoms with Gasteiger partial charge in [-0.3, -0.25) is 9.69 Å². The molecular weight excluding hydrogens is 364 g/mol. The summed E-state index contributed by atoms with van der Waals surface area (Å²) in [5.41, 5.74) is 3.53. The molecule has 4 fully saturated rings. The summed E-state index contributed by atoms with van der Waals surface area (Å²) >= 11 is 0. The highest BCUT2D eigenvalue weighted by atomic mass is 16.6. The highest BCUT2D eigenvalue weighted by molar-refractivity contribution is 6.00. The average Bonchev–Trinajstić information content (AvgIpc) is 3.22. The van der Waals surface area contributed by atoms with Gasteiger partial charge < -0.3 is 14.4 Å². The fourth-order valence-electron chi connectivity index (χ4n) is 8.05. The van der Waals surface area contributed by atoms with Gasteiger partial charge in [-0.2, -0.15) is 0 Å². The lowest BCUT2D eigenvalue weighted by molar-refractivity contribution is -0.217. The maximum Gasteiger partial charge on any atom is 0.230 e. The molecule has 0 unspecified atom stereocenters. The zero-order chi connectivity index (χ0) is 19.4. The van der Waals surface area contributed by atoms with E-state index >= 15 is 0 Å². The molecule has 5 aliphatic heterocycles. The summed E-state index contributed by atoms with van der Waals surface area (Å²) < 4.78 is 13.4. The van der Waals surface area contributed by atoms with Crippen molar-refractivity contribution >= 4 is 11.6 Å². The zero-order valence-electron chi connectivity index (χ0n) is 17.0. The number of nitrogens with zero attached hydrogens (tertiary/aromatic N) is 2. The van der Waals surface area contributed by atoms with Crippen molar-refractivity contribution in [1.82, 2.24) is 4.90 Å². The largest absolute Gasteiger partial charge is 0.371 e. The zero-order valence-corrected chi connectivity index (χ0v) is 17.0. The lowest BCUT2D eigenvalue weighted by atomic mass is 9.51. The summed E-state index contributed by atoms with van der Waals surface area (Å²) in [5.74, 6) is 0.561. The molecule has 1 aliphatic carbocycles. The molecule has 0 radical (unpaired) electrons. The molecule has 3 saturated heterocycles. The van der Waals surface area contributed by atoms with E-state index in [2.05, 4.69) is 47.1 Å². The minimum absolute atomic E-state index is 0.0333. The first-order valence-corrected chi connectivity index (χ1v) is 11.3. The second-order valence-electron chi connectivity index (χ2n) is 9.76. The SMILES string of the molecule is CCCO[C@@]12[C@@H]3CC(=O)N4c5ccccc5[C@@]5(CCN6CC(=CCO3)[C@@H]1C[C@H]65)[C@@H]42. The molecular formula is C24H28N2O3. The number of rotatable bonds is 3. The second-order valence-corrected chi connectivity index (χ2v) is 9.76. The van der Waals surface area contributed by atoms with Crippen LogP contribution in [-0.2, 0) is 19.7 Å². The van der Waals surface area contributed by atoms with E-state index in [0.717, 1.165) is 44.6 Å². The van der Waals surface area contributed by atoms with Gasteiger partial charge in [0, 0.05) is 36.2 Å². The minimum atomic E-state index is -0.432. The number of carbonyl (C=O) groups is 1. The normalized spacial score (nSPS) is 43.8. The Morgan fingerprint density at radius 2 is 2.21 bits per heavy atom. The Balaban J connectivity index is 1.55. The van der Waals surface area contributed by atoms with E-state index in [1.165, 1.54) is 11.1 Å². The topological polar surface area (TPSA) is 42.0 Å². The maximum absolute atomic E-state index is 13.5. The van der Waals surface area contributed by atoms with Crippen LogP contribution in [0.1, 0.15) is 38.2 Å². The van der Waals surface area contributed by atoms with Gasteiger partial charge in [0.05, 0.1) is 25.2 Å². The van der Waals surface area contributed by atoms with Gasteiger partial charge in [0.1, 0.15) is 5.60 Å². The van der Waals surface area contributed by atoms with E-state index in [-0.39, 0.29) is 23.5 Å². The van der Waals surface area contributed by atoms with Crippen molar-refractivity contribution < 1.29 is 14.3 Å². The molecule has 1 aromatic rings. The fourth-order valence-corrected chi connectivity index (χ4v) is 8.05. The van der Waals surface area contributed by atoms with Crippen LogP contribution in [0.2, 0.25) is 0 Å². The molecule has 5 nitrogen and oxygen atoms in total. The molecule has 7 rings (SSSR count). The van der Waals surface area contributed by atoms with Gasteiger partial charge in [-0.05, 0) is 37.4 Å². The quantitative estimate of drug-likeness (QED) is 0.742. The number of fused-ring (bicyclic) bond motifs is 2. The lowest BCUT2D eigenvalue weighted by Gasteiger charge is -2.64. The lowest BCUT2D eigenvalue weighted by Crippen LogP contribution is -2.79. The number of carbonyl (C=O) groups excluding carboxylic acids is 1. The Morgan fingerprint density at radius 1 is 1.31 bits per heavy atom. The molecule has 2 bridgehead atoms. The first-order valence-electron chi connectivity index (χ1n) is 11.3. The Bertz CT molecular complexity index is 944. The van der Waals surface area contributed by atoms with Crippen LogP contribution >= 0.6 is 0 Å². The monoisotopic (exact) mass is 392 g/mol. The third-order valence-electron chi connectivity index (χ3n) is 8.85. The van der Waals surface area contributed by atoms with Crippen molar-refractivity contribution in [3.05, 3.63) is 41.5 Å². The van der Waals surface area contributed by atoms with Gasteiger partial charge in [-0.15, -0.1) is 0 Å². The molecule has 5 heteroatoms. The number of hydrogen-bond donors (Lipinski definition) is 0. The van der Waals surface area contributed by atoms with E-state index in [1.807, 2.05) is 0 Å². The molecule has 1 aromatic carbocycles. The molecule has 0 aromatic heterocycles. The molecule has 0 N–H and O–H groups in total. The van der Waals surface area contributed by atoms with Crippen LogP contribution in [0.15, 0.2) is 35.9 Å². The molecule has 152 valence electrons. The summed E-state index contributed by atoms with van der Waals surface area (Å²) in [4.78, 5) is 18.4. The van der Waals surface area contributed by atoms with Crippen LogP contribution in [-0.4, -0.2) is 60.9 Å². The molecule has 5 heterocycles. The van der Waals surface area contributed by atoms with E-state index < -0.39 is 5.60 Å². The van der Waals surface area contributed by atoms with Crippen LogP contribution < -0.4 is 4.90 Å². The smallest absolute Gasteiger partial charge is 0.230 e. The van der Waals surface area contributed by atoms with Crippen molar-refractivity contribution in [3.8, 4) is 0 Å². The van der Waals surface area contributed by atoms with Crippen molar-refractivity contribution in [2.75, 3.05) is 31.2 Å². The number of amides is 1. The summed E-state index contributed by atoms with van der Waals surface area (Å²) in [6.45, 7) is 5.65. The Labute approximate surface area is 171 Å². The highest BCUT2D eigenvalue weighted by Crippen LogP contribution is 2.67. The van der Waals surface area contributed by atoms with Crippen LogP contribution in [0.3, 0.4) is 0 Å². The van der Waals surface area contributed by atoms with Gasteiger partial charge in [-0.1, -0.05) is 36.8 Å². The number of para-hydroxylation sites is 1. The van der Waals surface area contributed by atoms with Crippen molar-refractivity contribution in [2.45, 2.75) is 61.8 Å². The van der Waals surface area contributed by atoms with Gasteiger partial charge >= 0.3 is 0 Å². The van der Waals surface area contributed by atoms with Gasteiger partial charge in [-0.25, -0.2) is 0 Å². The van der Waals surface area contributed by atoms with Crippen molar-refractivity contribution in [1.29, 1.82) is 0 Å². The number of anilines is 1. The summed E-state index contributed by atoms with van der Waals surface area (Å²) in [7, 11) is 0. The van der Waals surface area contributed by atoms with Gasteiger partial charge in [0.2, 0.25) is 5.91 Å². The highest BCUT2D eigenvalue weighted by Gasteiger charge is 2.77. The molecule has 29 heavy (non-hydrogen) atoms. The van der Waals surface area contributed by atoms with E-state index in [0.29, 0.717) is 25.0 Å². The van der Waals surface area contributed by atoms with E-state index in [4.69, 9.17) is 9.47 Å². The fraction of sp³-hybridized carbons (Fsp3) is 0.625. The molecule has 6 atom stereocenters. The average molecular weight is 392 g/mol. The second kappa shape index (κ2) is 5.51. The Hall–Kier alpha value is -1.69. The predicted molar refractivity (Wildman–Crippen MR) is 109 cm³/mol. The van der Waals surface area contributed by atoms with Gasteiger partial charge in [0.15, 0.2) is 0 Å². The van der Waals surface area contributed by atoms with Crippen molar-refractivity contribution in [2.24, 2.45) is 5.92 Å². The third kappa shape index (κ3) is 1.75. The van der Waals surface area contributed by atoms with Crippen LogP contribution in [0.4, 0.5) is 5.69 Å². The number of ether oxygens (including phenoxy) is 2. The first-order chi connectivity index (χ1) is 14.2. The van der Waals surface area contributed by atoms with Crippen LogP contribution in [0.5, 0.6) is 0 Å². The predicted octanol–water partition coefficient (Wildman–Crippen LogP) is 2.64. The van der Waals surface area contributed by atoms with E-state index in [9.17, 15) is 4.79 Å².